The Morgan fingerprint density at radius 3 is 2.57 bits per heavy atom. The molecule has 0 aromatic carbocycles. The second-order valence-corrected chi connectivity index (χ2v) is 7.77. The highest BCUT2D eigenvalue weighted by Gasteiger charge is 2.30. The Hall–Kier alpha value is -2.71. The number of carbonyl (C=O) groups excluding carboxylic acids is 2. The van der Waals surface area contributed by atoms with Gasteiger partial charge in [0.2, 0.25) is 17.7 Å². The van der Waals surface area contributed by atoms with Gasteiger partial charge in [-0.25, -0.2) is 0 Å². The zero-order valence-corrected chi connectivity index (χ0v) is 15.9. The third-order valence-electron chi connectivity index (χ3n) is 5.31. The molecule has 9 heteroatoms. The van der Waals surface area contributed by atoms with Gasteiger partial charge in [-0.15, -0.1) is 0 Å². The summed E-state index contributed by atoms with van der Waals surface area (Å²) in [6.07, 6.45) is 5.47. The summed E-state index contributed by atoms with van der Waals surface area (Å²) >= 11 is 0. The molecule has 2 fully saturated rings. The van der Waals surface area contributed by atoms with Crippen molar-refractivity contribution in [1.29, 1.82) is 0 Å². The van der Waals surface area contributed by atoms with E-state index in [2.05, 4.69) is 25.9 Å². The van der Waals surface area contributed by atoms with Crippen LogP contribution in [0.4, 0.5) is 0 Å². The molecule has 150 valence electrons. The van der Waals surface area contributed by atoms with Crippen molar-refractivity contribution in [3.05, 3.63) is 29.2 Å². The fraction of sp³-hybridized carbons (Fsp3) is 0.632. The summed E-state index contributed by atoms with van der Waals surface area (Å²) in [7, 11) is 0. The number of carbonyl (C=O) groups is 2. The first-order valence-electron chi connectivity index (χ1n) is 9.88. The highest BCUT2D eigenvalue weighted by molar-refractivity contribution is 5.79. The van der Waals surface area contributed by atoms with Gasteiger partial charge in [0, 0.05) is 23.9 Å². The van der Waals surface area contributed by atoms with Crippen molar-refractivity contribution < 1.29 is 18.6 Å². The maximum Gasteiger partial charge on any atom is 0.246 e. The molecule has 2 aliphatic rings. The van der Waals surface area contributed by atoms with Gasteiger partial charge in [0.1, 0.15) is 5.76 Å². The lowest BCUT2D eigenvalue weighted by Gasteiger charge is -2.28. The van der Waals surface area contributed by atoms with Crippen molar-refractivity contribution in [2.45, 2.75) is 70.4 Å². The average molecular weight is 387 g/mol. The van der Waals surface area contributed by atoms with E-state index in [0.29, 0.717) is 17.6 Å². The van der Waals surface area contributed by atoms with Gasteiger partial charge in [-0.3, -0.25) is 9.59 Å². The molecule has 2 heterocycles. The molecule has 0 unspecified atom stereocenters. The summed E-state index contributed by atoms with van der Waals surface area (Å²) in [5.41, 5.74) is 0.763. The van der Waals surface area contributed by atoms with Crippen molar-refractivity contribution in [2.75, 3.05) is 0 Å². The fourth-order valence-electron chi connectivity index (χ4n) is 3.59. The first-order chi connectivity index (χ1) is 13.6. The molecule has 4 rings (SSSR count). The van der Waals surface area contributed by atoms with E-state index < -0.39 is 0 Å². The second kappa shape index (κ2) is 8.12. The highest BCUT2D eigenvalue weighted by Crippen LogP contribution is 2.38. The SMILES string of the molecule is Cc1cc(CC(=O)NC2CCC(C(=O)NCc3nc(C4CC4)no3)CC2)on1. The number of rotatable bonds is 7. The molecule has 0 saturated heterocycles. The van der Waals surface area contributed by atoms with Crippen molar-refractivity contribution in [2.24, 2.45) is 5.92 Å². The molecule has 0 spiro atoms. The smallest absolute Gasteiger partial charge is 0.246 e. The first-order valence-corrected chi connectivity index (χ1v) is 9.88. The third-order valence-corrected chi connectivity index (χ3v) is 5.31. The topological polar surface area (TPSA) is 123 Å². The monoisotopic (exact) mass is 387 g/mol. The summed E-state index contributed by atoms with van der Waals surface area (Å²) in [6.45, 7) is 2.09. The van der Waals surface area contributed by atoms with Crippen LogP contribution in [0.15, 0.2) is 15.1 Å². The summed E-state index contributed by atoms with van der Waals surface area (Å²) < 4.78 is 10.3. The van der Waals surface area contributed by atoms with Gasteiger partial charge in [0.05, 0.1) is 18.7 Å². The van der Waals surface area contributed by atoms with Gasteiger partial charge in [-0.2, -0.15) is 4.98 Å². The van der Waals surface area contributed by atoms with Gasteiger partial charge in [0.15, 0.2) is 5.82 Å². The lowest BCUT2D eigenvalue weighted by atomic mass is 9.85. The average Bonchev–Trinajstić information content (AvgIpc) is 3.29. The van der Waals surface area contributed by atoms with E-state index in [1.165, 1.54) is 0 Å². The molecule has 2 aromatic rings. The lowest BCUT2D eigenvalue weighted by Crippen LogP contribution is -2.41. The van der Waals surface area contributed by atoms with Gasteiger partial charge in [-0.1, -0.05) is 10.3 Å². The fourth-order valence-corrected chi connectivity index (χ4v) is 3.59. The van der Waals surface area contributed by atoms with E-state index in [-0.39, 0.29) is 36.7 Å². The highest BCUT2D eigenvalue weighted by atomic mass is 16.5. The zero-order chi connectivity index (χ0) is 19.5. The minimum absolute atomic E-state index is 0.00748. The minimum Gasteiger partial charge on any atom is -0.361 e. The van der Waals surface area contributed by atoms with Crippen LogP contribution in [0.3, 0.4) is 0 Å². The molecule has 0 bridgehead atoms. The maximum absolute atomic E-state index is 12.4. The molecule has 9 nitrogen and oxygen atoms in total. The Bertz CT molecular complexity index is 833. The third kappa shape index (κ3) is 4.76. The summed E-state index contributed by atoms with van der Waals surface area (Å²) in [6, 6.07) is 1.86. The molecule has 2 saturated carbocycles. The second-order valence-electron chi connectivity index (χ2n) is 7.77. The predicted molar refractivity (Wildman–Crippen MR) is 97.0 cm³/mol. The molecular formula is C19H25N5O4. The largest absolute Gasteiger partial charge is 0.361 e. The van der Waals surface area contributed by atoms with E-state index in [1.807, 2.05) is 6.92 Å². The molecule has 2 amide bonds. The maximum atomic E-state index is 12.4. The Morgan fingerprint density at radius 2 is 1.89 bits per heavy atom. The Labute approximate surface area is 162 Å². The van der Waals surface area contributed by atoms with Crippen LogP contribution >= 0.6 is 0 Å². The van der Waals surface area contributed by atoms with Gasteiger partial charge < -0.3 is 19.7 Å². The number of amides is 2. The number of aromatic nitrogens is 3. The summed E-state index contributed by atoms with van der Waals surface area (Å²) in [5.74, 6) is 2.09. The van der Waals surface area contributed by atoms with Crippen molar-refractivity contribution in [1.82, 2.24) is 25.9 Å². The molecule has 0 radical (unpaired) electrons. The van der Waals surface area contributed by atoms with Crippen LogP contribution in [0.25, 0.3) is 0 Å². The van der Waals surface area contributed by atoms with Gasteiger partial charge >= 0.3 is 0 Å². The standard InChI is InChI=1S/C19H25N5O4/c1-11-8-15(27-23-11)9-16(25)21-14-6-4-13(5-7-14)19(26)20-10-17-22-18(24-28-17)12-2-3-12/h8,12-14H,2-7,9-10H2,1H3,(H,20,26)(H,21,25). The van der Waals surface area contributed by atoms with Crippen LogP contribution in [0.5, 0.6) is 0 Å². The Balaban J connectivity index is 1.16. The number of nitrogens with one attached hydrogen (secondary N) is 2. The van der Waals surface area contributed by atoms with Gasteiger partial charge in [0.25, 0.3) is 0 Å². The van der Waals surface area contributed by atoms with Crippen LogP contribution < -0.4 is 10.6 Å². The minimum atomic E-state index is -0.0769. The van der Waals surface area contributed by atoms with E-state index in [1.54, 1.807) is 6.07 Å². The molecular weight excluding hydrogens is 362 g/mol. The Kier molecular flexibility index (Phi) is 5.40. The van der Waals surface area contributed by atoms with Crippen LogP contribution in [-0.4, -0.2) is 33.2 Å². The predicted octanol–water partition coefficient (Wildman–Crippen LogP) is 1.78. The zero-order valence-electron chi connectivity index (χ0n) is 15.9. The molecule has 0 atom stereocenters. The summed E-state index contributed by atoms with van der Waals surface area (Å²) in [4.78, 5) is 28.8. The van der Waals surface area contributed by atoms with Crippen LogP contribution in [-0.2, 0) is 22.6 Å². The van der Waals surface area contributed by atoms with Crippen molar-refractivity contribution >= 4 is 11.8 Å². The van der Waals surface area contributed by atoms with Crippen LogP contribution in [0.2, 0.25) is 0 Å². The lowest BCUT2D eigenvalue weighted by molar-refractivity contribution is -0.126. The summed E-state index contributed by atoms with van der Waals surface area (Å²) in [5, 5.41) is 13.6. The van der Waals surface area contributed by atoms with Gasteiger partial charge in [-0.05, 0) is 45.4 Å². The molecule has 2 aromatic heterocycles. The quantitative estimate of drug-likeness (QED) is 0.742. The molecule has 2 aliphatic carbocycles. The molecule has 0 aliphatic heterocycles. The Morgan fingerprint density at radius 1 is 1.11 bits per heavy atom. The molecule has 28 heavy (non-hydrogen) atoms. The molecule has 2 N–H and O–H groups in total. The van der Waals surface area contributed by atoms with E-state index in [0.717, 1.165) is 50.0 Å². The van der Waals surface area contributed by atoms with E-state index in [9.17, 15) is 9.59 Å². The van der Waals surface area contributed by atoms with Crippen molar-refractivity contribution in [3.8, 4) is 0 Å². The number of nitrogens with zero attached hydrogens (tertiary/aromatic N) is 3. The van der Waals surface area contributed by atoms with Crippen molar-refractivity contribution in [3.63, 3.8) is 0 Å². The normalized spacial score (nSPS) is 22.0. The number of hydrogen-bond donors (Lipinski definition) is 2. The van der Waals surface area contributed by atoms with E-state index in [4.69, 9.17) is 9.05 Å². The number of aryl methyl sites for hydroxylation is 1. The van der Waals surface area contributed by atoms with E-state index >= 15 is 0 Å². The van der Waals surface area contributed by atoms with Crippen LogP contribution in [0, 0.1) is 12.8 Å². The first kappa shape index (κ1) is 18.6. The number of hydrogen-bond acceptors (Lipinski definition) is 7. The van der Waals surface area contributed by atoms with Crippen LogP contribution in [0.1, 0.15) is 67.6 Å².